The Hall–Kier alpha value is -0.820. The van der Waals surface area contributed by atoms with Crippen LogP contribution >= 0.6 is 31.9 Å². The summed E-state index contributed by atoms with van der Waals surface area (Å²) in [7, 11) is 0. The van der Waals surface area contributed by atoms with E-state index in [0.29, 0.717) is 9.34 Å². The monoisotopic (exact) mass is 368 g/mol. The molecule has 1 heterocycles. The summed E-state index contributed by atoms with van der Waals surface area (Å²) in [4.78, 5) is 3.94. The van der Waals surface area contributed by atoms with Crippen molar-refractivity contribution >= 4 is 31.9 Å². The molecule has 0 amide bonds. The quantitative estimate of drug-likeness (QED) is 0.727. The molecule has 0 unspecified atom stereocenters. The van der Waals surface area contributed by atoms with Gasteiger partial charge in [0.15, 0.2) is 4.73 Å². The third kappa shape index (κ3) is 2.55. The third-order valence-electron chi connectivity index (χ3n) is 2.10. The first kappa shape index (κ1) is 12.6. The Labute approximate surface area is 112 Å². The predicted octanol–water partition coefficient (Wildman–Crippen LogP) is 4.42. The van der Waals surface area contributed by atoms with Gasteiger partial charge in [-0.2, -0.15) is 13.2 Å². The van der Waals surface area contributed by atoms with E-state index >= 15 is 0 Å². The van der Waals surface area contributed by atoms with Crippen LogP contribution in [0.2, 0.25) is 0 Å². The lowest BCUT2D eigenvalue weighted by Gasteiger charge is -2.13. The van der Waals surface area contributed by atoms with Gasteiger partial charge >= 0.3 is 6.18 Å². The maximum atomic E-state index is 12.8. The number of alkyl halides is 3. The van der Waals surface area contributed by atoms with Crippen molar-refractivity contribution in [2.24, 2.45) is 0 Å². The number of benzene rings is 1. The molecule has 17 heavy (non-hydrogen) atoms. The van der Waals surface area contributed by atoms with Gasteiger partial charge in [-0.1, -0.05) is 12.1 Å². The van der Waals surface area contributed by atoms with Crippen LogP contribution in [0.4, 0.5) is 13.2 Å². The van der Waals surface area contributed by atoms with E-state index in [1.807, 2.05) is 0 Å². The van der Waals surface area contributed by atoms with Gasteiger partial charge in [0.05, 0.1) is 11.3 Å². The standard InChI is InChI=1S/C10H5Br2F3N2/c11-8-5-17(9(12)16-8)7-4-2-1-3-6(7)10(13,14)15/h1-5H. The van der Waals surface area contributed by atoms with Crippen molar-refractivity contribution in [1.29, 1.82) is 0 Å². The molecule has 0 atom stereocenters. The summed E-state index contributed by atoms with van der Waals surface area (Å²) < 4.78 is 40.5. The van der Waals surface area contributed by atoms with E-state index in [1.165, 1.54) is 22.9 Å². The van der Waals surface area contributed by atoms with Gasteiger partial charge in [-0.05, 0) is 44.0 Å². The Morgan fingerprint density at radius 3 is 2.29 bits per heavy atom. The van der Waals surface area contributed by atoms with Gasteiger partial charge in [0, 0.05) is 6.20 Å². The molecule has 0 aliphatic carbocycles. The summed E-state index contributed by atoms with van der Waals surface area (Å²) in [6.07, 6.45) is -2.93. The van der Waals surface area contributed by atoms with Crippen LogP contribution in [0.5, 0.6) is 0 Å². The molecule has 0 aliphatic rings. The Balaban J connectivity index is 2.64. The fourth-order valence-electron chi connectivity index (χ4n) is 1.42. The average molecular weight is 370 g/mol. The molecule has 0 bridgehead atoms. The highest BCUT2D eigenvalue weighted by Crippen LogP contribution is 2.35. The smallest absolute Gasteiger partial charge is 0.293 e. The second-order valence-electron chi connectivity index (χ2n) is 3.22. The van der Waals surface area contributed by atoms with Crippen LogP contribution in [-0.2, 0) is 6.18 Å². The molecule has 0 aliphatic heterocycles. The minimum absolute atomic E-state index is 0.0325. The van der Waals surface area contributed by atoms with E-state index < -0.39 is 11.7 Å². The molecule has 1 aromatic heterocycles. The van der Waals surface area contributed by atoms with Gasteiger partial charge in [-0.3, -0.25) is 4.57 Å². The zero-order chi connectivity index (χ0) is 12.6. The van der Waals surface area contributed by atoms with Crippen molar-refractivity contribution in [1.82, 2.24) is 9.55 Å². The van der Waals surface area contributed by atoms with E-state index in [2.05, 4.69) is 36.8 Å². The first-order valence-corrected chi connectivity index (χ1v) is 6.05. The Kier molecular flexibility index (Phi) is 3.31. The molecule has 0 saturated heterocycles. The van der Waals surface area contributed by atoms with Crippen LogP contribution < -0.4 is 0 Å². The Morgan fingerprint density at radius 1 is 1.12 bits per heavy atom. The highest BCUT2D eigenvalue weighted by Gasteiger charge is 2.34. The molecule has 0 saturated carbocycles. The Bertz CT molecular complexity index is 549. The zero-order valence-corrected chi connectivity index (χ0v) is 11.3. The number of halogens is 5. The van der Waals surface area contributed by atoms with E-state index in [1.54, 1.807) is 6.07 Å². The average Bonchev–Trinajstić information content (AvgIpc) is 2.56. The van der Waals surface area contributed by atoms with E-state index in [-0.39, 0.29) is 5.69 Å². The van der Waals surface area contributed by atoms with Crippen molar-refractivity contribution in [3.05, 3.63) is 45.4 Å². The van der Waals surface area contributed by atoms with E-state index in [4.69, 9.17) is 0 Å². The van der Waals surface area contributed by atoms with Gasteiger partial charge in [0.1, 0.15) is 4.60 Å². The van der Waals surface area contributed by atoms with Crippen molar-refractivity contribution in [3.63, 3.8) is 0 Å². The maximum Gasteiger partial charge on any atom is 0.418 e. The van der Waals surface area contributed by atoms with Crippen LogP contribution in [0.15, 0.2) is 39.8 Å². The van der Waals surface area contributed by atoms with Crippen molar-refractivity contribution in [2.45, 2.75) is 6.18 Å². The van der Waals surface area contributed by atoms with Crippen molar-refractivity contribution < 1.29 is 13.2 Å². The lowest BCUT2D eigenvalue weighted by Crippen LogP contribution is -2.10. The largest absolute Gasteiger partial charge is 0.418 e. The minimum Gasteiger partial charge on any atom is -0.293 e. The molecule has 0 radical (unpaired) electrons. The van der Waals surface area contributed by atoms with Gasteiger partial charge in [0.25, 0.3) is 0 Å². The van der Waals surface area contributed by atoms with Crippen LogP contribution in [0, 0.1) is 0 Å². The number of aromatic nitrogens is 2. The number of imidazole rings is 1. The lowest BCUT2D eigenvalue weighted by molar-refractivity contribution is -0.137. The summed E-state index contributed by atoms with van der Waals surface area (Å²) in [5, 5.41) is 0. The molecular formula is C10H5Br2F3N2. The van der Waals surface area contributed by atoms with Crippen LogP contribution in [0.1, 0.15) is 5.56 Å². The van der Waals surface area contributed by atoms with Crippen LogP contribution in [0.25, 0.3) is 5.69 Å². The van der Waals surface area contributed by atoms with Crippen molar-refractivity contribution in [2.75, 3.05) is 0 Å². The molecule has 7 heteroatoms. The number of para-hydroxylation sites is 1. The maximum absolute atomic E-state index is 12.8. The topological polar surface area (TPSA) is 17.8 Å². The molecule has 2 nitrogen and oxygen atoms in total. The molecule has 1 aromatic carbocycles. The molecule has 0 spiro atoms. The molecule has 0 N–H and O–H groups in total. The Morgan fingerprint density at radius 2 is 1.76 bits per heavy atom. The van der Waals surface area contributed by atoms with Crippen LogP contribution in [-0.4, -0.2) is 9.55 Å². The SMILES string of the molecule is FC(F)(F)c1ccccc1-n1cc(Br)nc1Br. The summed E-state index contributed by atoms with van der Waals surface area (Å²) in [5.74, 6) is 0. The normalized spacial score (nSPS) is 11.8. The predicted molar refractivity (Wildman–Crippen MR) is 64.0 cm³/mol. The fourth-order valence-corrected chi connectivity index (χ4v) is 2.52. The fraction of sp³-hybridized carbons (Fsp3) is 0.100. The zero-order valence-electron chi connectivity index (χ0n) is 8.17. The summed E-state index contributed by atoms with van der Waals surface area (Å²) in [6, 6.07) is 5.33. The number of rotatable bonds is 1. The number of hydrogen-bond donors (Lipinski definition) is 0. The third-order valence-corrected chi connectivity index (χ3v) is 3.04. The summed E-state index contributed by atoms with van der Waals surface area (Å²) in [6.45, 7) is 0. The van der Waals surface area contributed by atoms with E-state index in [9.17, 15) is 13.2 Å². The molecule has 2 rings (SSSR count). The van der Waals surface area contributed by atoms with E-state index in [0.717, 1.165) is 6.07 Å². The second-order valence-corrected chi connectivity index (χ2v) is 4.74. The highest BCUT2D eigenvalue weighted by molar-refractivity contribution is 9.11. The van der Waals surface area contributed by atoms with Gasteiger partial charge in [-0.15, -0.1) is 0 Å². The first-order chi connectivity index (χ1) is 7.89. The van der Waals surface area contributed by atoms with Gasteiger partial charge < -0.3 is 0 Å². The van der Waals surface area contributed by atoms with Gasteiger partial charge in [0.2, 0.25) is 0 Å². The summed E-state index contributed by atoms with van der Waals surface area (Å²) >= 11 is 6.22. The number of nitrogens with zero attached hydrogens (tertiary/aromatic N) is 2. The highest BCUT2D eigenvalue weighted by atomic mass is 79.9. The first-order valence-electron chi connectivity index (χ1n) is 4.46. The summed E-state index contributed by atoms with van der Waals surface area (Å²) in [5.41, 5.74) is -0.671. The molecule has 0 fully saturated rings. The van der Waals surface area contributed by atoms with Gasteiger partial charge in [-0.25, -0.2) is 4.98 Å². The second kappa shape index (κ2) is 4.45. The molecular weight excluding hydrogens is 365 g/mol. The number of hydrogen-bond acceptors (Lipinski definition) is 1. The molecule has 2 aromatic rings. The minimum atomic E-state index is -4.40. The van der Waals surface area contributed by atoms with Crippen LogP contribution in [0.3, 0.4) is 0 Å². The van der Waals surface area contributed by atoms with Crippen molar-refractivity contribution in [3.8, 4) is 5.69 Å². The lowest BCUT2D eigenvalue weighted by atomic mass is 10.1. The molecule has 90 valence electrons.